The third-order valence-electron chi connectivity index (χ3n) is 4.33. The van der Waals surface area contributed by atoms with E-state index >= 15 is 0 Å². The number of nitrogens with zero attached hydrogens (tertiary/aromatic N) is 1. The Kier molecular flexibility index (Phi) is 3.36. The molecule has 1 aliphatic rings. The molecule has 0 spiro atoms. The van der Waals surface area contributed by atoms with Crippen molar-refractivity contribution in [2.75, 3.05) is 5.32 Å². The van der Waals surface area contributed by atoms with Gasteiger partial charge in [-0.3, -0.25) is 0 Å². The smallest absolute Gasteiger partial charge is 0.126 e. The maximum absolute atomic E-state index is 4.58. The Balaban J connectivity index is 1.53. The SMILES string of the molecule is c1ccc(-c2ccc(NC3CCc4ccccc43)nc2)cc1. The third kappa shape index (κ3) is 2.48. The van der Waals surface area contributed by atoms with Crippen molar-refractivity contribution in [3.8, 4) is 11.1 Å². The Hall–Kier alpha value is -2.61. The summed E-state index contributed by atoms with van der Waals surface area (Å²) in [6.45, 7) is 0. The normalized spacial score (nSPS) is 16.3. The first-order valence-electron chi connectivity index (χ1n) is 7.76. The number of pyridine rings is 1. The van der Waals surface area contributed by atoms with Crippen LogP contribution in [0.3, 0.4) is 0 Å². The predicted octanol–water partition coefficient (Wildman–Crippen LogP) is 4.85. The predicted molar refractivity (Wildman–Crippen MR) is 90.8 cm³/mol. The van der Waals surface area contributed by atoms with E-state index in [1.54, 1.807) is 0 Å². The van der Waals surface area contributed by atoms with Crippen molar-refractivity contribution in [3.63, 3.8) is 0 Å². The molecule has 22 heavy (non-hydrogen) atoms. The number of benzene rings is 2. The highest BCUT2D eigenvalue weighted by Gasteiger charge is 2.21. The second-order valence-corrected chi connectivity index (χ2v) is 5.73. The van der Waals surface area contributed by atoms with Crippen LogP contribution >= 0.6 is 0 Å². The summed E-state index contributed by atoms with van der Waals surface area (Å²) in [6, 6.07) is 23.6. The van der Waals surface area contributed by atoms with E-state index in [0.29, 0.717) is 6.04 Å². The maximum atomic E-state index is 4.58. The van der Waals surface area contributed by atoms with Crippen molar-refractivity contribution in [2.45, 2.75) is 18.9 Å². The van der Waals surface area contributed by atoms with Crippen LogP contribution in [0.5, 0.6) is 0 Å². The molecular weight excluding hydrogens is 268 g/mol. The summed E-state index contributed by atoms with van der Waals surface area (Å²) >= 11 is 0. The Labute approximate surface area is 130 Å². The van der Waals surface area contributed by atoms with Crippen LogP contribution in [0.15, 0.2) is 72.9 Å². The fourth-order valence-electron chi connectivity index (χ4n) is 3.17. The van der Waals surface area contributed by atoms with Gasteiger partial charge in [0.05, 0.1) is 6.04 Å². The van der Waals surface area contributed by atoms with Gasteiger partial charge in [-0.05, 0) is 41.7 Å². The topological polar surface area (TPSA) is 24.9 Å². The molecule has 1 aliphatic carbocycles. The molecule has 0 saturated carbocycles. The molecule has 3 aromatic rings. The number of aromatic nitrogens is 1. The molecule has 2 heteroatoms. The minimum Gasteiger partial charge on any atom is -0.363 e. The van der Waals surface area contributed by atoms with Gasteiger partial charge in [0, 0.05) is 11.8 Å². The second-order valence-electron chi connectivity index (χ2n) is 5.73. The first-order chi connectivity index (χ1) is 10.9. The van der Waals surface area contributed by atoms with Crippen LogP contribution < -0.4 is 5.32 Å². The van der Waals surface area contributed by atoms with Gasteiger partial charge in [0.2, 0.25) is 0 Å². The van der Waals surface area contributed by atoms with Crippen LogP contribution in [-0.4, -0.2) is 4.98 Å². The average molecular weight is 286 g/mol. The van der Waals surface area contributed by atoms with E-state index in [1.165, 1.54) is 16.7 Å². The van der Waals surface area contributed by atoms with E-state index < -0.39 is 0 Å². The van der Waals surface area contributed by atoms with Gasteiger partial charge in [0.15, 0.2) is 0 Å². The summed E-state index contributed by atoms with van der Waals surface area (Å²) < 4.78 is 0. The van der Waals surface area contributed by atoms with E-state index in [2.05, 4.69) is 71.0 Å². The summed E-state index contributed by atoms with van der Waals surface area (Å²) in [5.74, 6) is 0.946. The number of fused-ring (bicyclic) bond motifs is 1. The molecular formula is C20H18N2. The molecule has 2 nitrogen and oxygen atoms in total. The highest BCUT2D eigenvalue weighted by Crippen LogP contribution is 2.33. The molecule has 1 unspecified atom stereocenters. The summed E-state index contributed by atoms with van der Waals surface area (Å²) in [6.07, 6.45) is 4.23. The zero-order valence-corrected chi connectivity index (χ0v) is 12.4. The van der Waals surface area contributed by atoms with Crippen molar-refractivity contribution in [1.82, 2.24) is 4.98 Å². The van der Waals surface area contributed by atoms with E-state index in [9.17, 15) is 0 Å². The minimum atomic E-state index is 0.381. The molecule has 0 fully saturated rings. The number of anilines is 1. The zero-order valence-electron chi connectivity index (χ0n) is 12.4. The Morgan fingerprint density at radius 1 is 0.818 bits per heavy atom. The van der Waals surface area contributed by atoms with Gasteiger partial charge in [0.25, 0.3) is 0 Å². The molecule has 2 aromatic carbocycles. The van der Waals surface area contributed by atoms with E-state index in [1.807, 2.05) is 12.3 Å². The van der Waals surface area contributed by atoms with Crippen LogP contribution in [0.25, 0.3) is 11.1 Å². The van der Waals surface area contributed by atoms with Crippen LogP contribution in [0, 0.1) is 0 Å². The van der Waals surface area contributed by atoms with Crippen molar-refractivity contribution in [3.05, 3.63) is 84.1 Å². The highest BCUT2D eigenvalue weighted by molar-refractivity contribution is 5.63. The Morgan fingerprint density at radius 3 is 2.45 bits per heavy atom. The molecule has 1 heterocycles. The highest BCUT2D eigenvalue weighted by atomic mass is 15.0. The number of rotatable bonds is 3. The summed E-state index contributed by atoms with van der Waals surface area (Å²) in [5.41, 5.74) is 5.23. The van der Waals surface area contributed by atoms with Crippen molar-refractivity contribution < 1.29 is 0 Å². The molecule has 4 rings (SSSR count). The van der Waals surface area contributed by atoms with Crippen molar-refractivity contribution in [2.24, 2.45) is 0 Å². The van der Waals surface area contributed by atoms with Crippen LogP contribution in [0.1, 0.15) is 23.6 Å². The van der Waals surface area contributed by atoms with Gasteiger partial charge >= 0.3 is 0 Å². The lowest BCUT2D eigenvalue weighted by Gasteiger charge is -2.15. The lowest BCUT2D eigenvalue weighted by molar-refractivity contribution is 0.757. The van der Waals surface area contributed by atoms with E-state index in [0.717, 1.165) is 24.2 Å². The molecule has 0 radical (unpaired) electrons. The molecule has 1 N–H and O–H groups in total. The lowest BCUT2D eigenvalue weighted by Crippen LogP contribution is -2.08. The quantitative estimate of drug-likeness (QED) is 0.744. The van der Waals surface area contributed by atoms with Gasteiger partial charge < -0.3 is 5.32 Å². The molecule has 1 atom stereocenters. The zero-order chi connectivity index (χ0) is 14.8. The molecule has 0 saturated heterocycles. The number of nitrogens with one attached hydrogen (secondary N) is 1. The standard InChI is InChI=1S/C20H18N2/c1-2-6-15(7-3-1)17-11-13-20(21-14-17)22-19-12-10-16-8-4-5-9-18(16)19/h1-9,11,13-14,19H,10,12H2,(H,21,22). The summed E-state index contributed by atoms with van der Waals surface area (Å²) in [5, 5.41) is 3.56. The average Bonchev–Trinajstić information content (AvgIpc) is 3.00. The minimum absolute atomic E-state index is 0.381. The largest absolute Gasteiger partial charge is 0.363 e. The van der Waals surface area contributed by atoms with E-state index in [-0.39, 0.29) is 0 Å². The molecule has 1 aromatic heterocycles. The maximum Gasteiger partial charge on any atom is 0.126 e. The fraction of sp³-hybridized carbons (Fsp3) is 0.150. The third-order valence-corrected chi connectivity index (χ3v) is 4.33. The van der Waals surface area contributed by atoms with Gasteiger partial charge in [0.1, 0.15) is 5.82 Å². The summed E-state index contributed by atoms with van der Waals surface area (Å²) in [4.78, 5) is 4.58. The van der Waals surface area contributed by atoms with Gasteiger partial charge in [-0.15, -0.1) is 0 Å². The van der Waals surface area contributed by atoms with Crippen LogP contribution in [0.2, 0.25) is 0 Å². The molecule has 108 valence electrons. The first-order valence-corrected chi connectivity index (χ1v) is 7.76. The number of hydrogen-bond acceptors (Lipinski definition) is 2. The van der Waals surface area contributed by atoms with Crippen molar-refractivity contribution in [1.29, 1.82) is 0 Å². The van der Waals surface area contributed by atoms with E-state index in [4.69, 9.17) is 0 Å². The number of hydrogen-bond donors (Lipinski definition) is 1. The van der Waals surface area contributed by atoms with Gasteiger partial charge in [-0.2, -0.15) is 0 Å². The number of aryl methyl sites for hydroxylation is 1. The molecule has 0 amide bonds. The monoisotopic (exact) mass is 286 g/mol. The van der Waals surface area contributed by atoms with Crippen LogP contribution in [-0.2, 0) is 6.42 Å². The first kappa shape index (κ1) is 13.1. The summed E-state index contributed by atoms with van der Waals surface area (Å²) in [7, 11) is 0. The Bertz CT molecular complexity index is 763. The van der Waals surface area contributed by atoms with Crippen molar-refractivity contribution >= 4 is 5.82 Å². The Morgan fingerprint density at radius 2 is 1.64 bits per heavy atom. The molecule has 0 aliphatic heterocycles. The van der Waals surface area contributed by atoms with Gasteiger partial charge in [-0.1, -0.05) is 54.6 Å². The lowest BCUT2D eigenvalue weighted by atomic mass is 10.1. The van der Waals surface area contributed by atoms with Crippen LogP contribution in [0.4, 0.5) is 5.82 Å². The fourth-order valence-corrected chi connectivity index (χ4v) is 3.17. The second kappa shape index (κ2) is 5.64. The van der Waals surface area contributed by atoms with Gasteiger partial charge in [-0.25, -0.2) is 4.98 Å². The molecule has 0 bridgehead atoms.